The molecule has 2 unspecified atom stereocenters. The van der Waals surface area contributed by atoms with E-state index in [0.29, 0.717) is 26.2 Å². The average molecular weight is 270 g/mol. The quantitative estimate of drug-likeness (QED) is 0.798. The zero-order chi connectivity index (χ0) is 13.9. The van der Waals surface area contributed by atoms with Gasteiger partial charge in [0, 0.05) is 19.3 Å². The maximum Gasteiger partial charge on any atom is 0.242 e. The van der Waals surface area contributed by atoms with Crippen molar-refractivity contribution in [3.63, 3.8) is 0 Å². The minimum Gasteiger partial charge on any atom is -0.379 e. The zero-order valence-electron chi connectivity index (χ0n) is 12.0. The van der Waals surface area contributed by atoms with E-state index < -0.39 is 5.54 Å². The monoisotopic (exact) mass is 270 g/mol. The molecule has 19 heavy (non-hydrogen) atoms. The molecule has 5 nitrogen and oxygen atoms in total. The first-order valence-corrected chi connectivity index (χ1v) is 7.35. The smallest absolute Gasteiger partial charge is 0.242 e. The highest BCUT2D eigenvalue weighted by molar-refractivity contribution is 5.86. The second-order valence-electron chi connectivity index (χ2n) is 5.86. The van der Waals surface area contributed by atoms with Gasteiger partial charge >= 0.3 is 0 Å². The molecule has 2 rings (SSSR count). The number of ether oxygens (including phenoxy) is 2. The predicted molar refractivity (Wildman–Crippen MR) is 72.8 cm³/mol. The molecule has 3 N–H and O–H groups in total. The summed E-state index contributed by atoms with van der Waals surface area (Å²) in [5.74, 6) is -0.0713. The van der Waals surface area contributed by atoms with Crippen LogP contribution < -0.4 is 11.1 Å². The molecule has 2 aliphatic heterocycles. The van der Waals surface area contributed by atoms with Crippen LogP contribution >= 0.6 is 0 Å². The van der Waals surface area contributed by atoms with Crippen molar-refractivity contribution < 1.29 is 14.3 Å². The number of hydrogen-bond donors (Lipinski definition) is 2. The van der Waals surface area contributed by atoms with Crippen LogP contribution in [0.5, 0.6) is 0 Å². The van der Waals surface area contributed by atoms with Gasteiger partial charge in [0.05, 0.1) is 12.2 Å². The third-order valence-electron chi connectivity index (χ3n) is 4.62. The number of hydrogen-bond acceptors (Lipinski definition) is 4. The third-order valence-corrected chi connectivity index (χ3v) is 4.62. The lowest BCUT2D eigenvalue weighted by atomic mass is 9.85. The fraction of sp³-hybridized carbons (Fsp3) is 0.929. The van der Waals surface area contributed by atoms with E-state index in [9.17, 15) is 4.79 Å². The minimum absolute atomic E-state index is 0.0713. The molecule has 1 amide bonds. The Morgan fingerprint density at radius 2 is 2.11 bits per heavy atom. The van der Waals surface area contributed by atoms with Crippen LogP contribution in [0.25, 0.3) is 0 Å². The summed E-state index contributed by atoms with van der Waals surface area (Å²) in [6, 6.07) is 0.169. The Kier molecular flexibility index (Phi) is 4.48. The van der Waals surface area contributed by atoms with E-state index in [0.717, 1.165) is 25.7 Å². The third kappa shape index (κ3) is 3.09. The Morgan fingerprint density at radius 1 is 1.37 bits per heavy atom. The minimum atomic E-state index is -0.834. The molecule has 0 aromatic rings. The van der Waals surface area contributed by atoms with E-state index in [1.807, 2.05) is 0 Å². The molecular weight excluding hydrogens is 244 g/mol. The molecule has 2 aliphatic rings. The van der Waals surface area contributed by atoms with Crippen molar-refractivity contribution in [1.29, 1.82) is 0 Å². The molecule has 0 aromatic carbocycles. The molecule has 2 saturated heterocycles. The largest absolute Gasteiger partial charge is 0.379 e. The van der Waals surface area contributed by atoms with E-state index in [2.05, 4.69) is 19.2 Å². The maximum absolute atomic E-state index is 12.3. The van der Waals surface area contributed by atoms with Crippen molar-refractivity contribution in [3.05, 3.63) is 0 Å². The molecule has 0 aromatic heterocycles. The summed E-state index contributed by atoms with van der Waals surface area (Å²) >= 11 is 0. The molecule has 2 heterocycles. The highest BCUT2D eigenvalue weighted by Gasteiger charge is 2.41. The van der Waals surface area contributed by atoms with Crippen molar-refractivity contribution in [2.45, 2.75) is 63.1 Å². The van der Waals surface area contributed by atoms with Crippen LogP contribution in [0.1, 0.15) is 46.0 Å². The van der Waals surface area contributed by atoms with Crippen LogP contribution in [0.2, 0.25) is 0 Å². The second kappa shape index (κ2) is 5.77. The van der Waals surface area contributed by atoms with Crippen molar-refractivity contribution >= 4 is 5.91 Å². The number of amides is 1. The predicted octanol–water partition coefficient (Wildman–Crippen LogP) is 0.958. The van der Waals surface area contributed by atoms with Gasteiger partial charge in [-0.05, 0) is 32.1 Å². The molecule has 5 heteroatoms. The van der Waals surface area contributed by atoms with E-state index in [4.69, 9.17) is 15.2 Å². The first kappa shape index (κ1) is 14.8. The van der Waals surface area contributed by atoms with Crippen LogP contribution in [-0.4, -0.2) is 42.9 Å². The van der Waals surface area contributed by atoms with E-state index in [1.165, 1.54) is 0 Å². The van der Waals surface area contributed by atoms with Crippen molar-refractivity contribution in [3.8, 4) is 0 Å². The maximum atomic E-state index is 12.3. The van der Waals surface area contributed by atoms with Crippen LogP contribution in [0.15, 0.2) is 0 Å². The van der Waals surface area contributed by atoms with Gasteiger partial charge in [0.2, 0.25) is 5.91 Å². The normalized spacial score (nSPS) is 34.2. The number of rotatable bonds is 4. The van der Waals surface area contributed by atoms with Gasteiger partial charge in [0.15, 0.2) is 0 Å². The number of nitrogens with two attached hydrogens (primary N) is 1. The van der Waals surface area contributed by atoms with Crippen LogP contribution in [0.4, 0.5) is 0 Å². The highest BCUT2D eigenvalue weighted by Crippen LogP contribution is 2.31. The van der Waals surface area contributed by atoms with Gasteiger partial charge in [-0.2, -0.15) is 0 Å². The molecule has 0 bridgehead atoms. The summed E-state index contributed by atoms with van der Waals surface area (Å²) in [4.78, 5) is 12.3. The summed E-state index contributed by atoms with van der Waals surface area (Å²) in [6.45, 7) is 5.90. The summed E-state index contributed by atoms with van der Waals surface area (Å²) < 4.78 is 11.2. The molecular formula is C14H26N2O3. The van der Waals surface area contributed by atoms with Crippen LogP contribution in [0, 0.1) is 0 Å². The highest BCUT2D eigenvalue weighted by atomic mass is 16.5. The van der Waals surface area contributed by atoms with Gasteiger partial charge < -0.3 is 20.5 Å². The molecule has 0 radical (unpaired) electrons. The summed E-state index contributed by atoms with van der Waals surface area (Å²) in [5, 5.41) is 3.10. The van der Waals surface area contributed by atoms with E-state index in [1.54, 1.807) is 0 Å². The molecule has 2 atom stereocenters. The standard InChI is InChI=1S/C14H26N2O3/c1-3-13(4-2)9-11(5-7-19-13)16-12(17)14(15)6-8-18-10-14/h11H,3-10,15H2,1-2H3,(H,16,17). The van der Waals surface area contributed by atoms with Gasteiger partial charge in [-0.3, -0.25) is 4.79 Å². The lowest BCUT2D eigenvalue weighted by Crippen LogP contribution is -2.58. The number of nitrogens with one attached hydrogen (secondary N) is 1. The summed E-state index contributed by atoms with van der Waals surface area (Å²) in [6.07, 6.45) is 4.31. The Labute approximate surface area is 115 Å². The van der Waals surface area contributed by atoms with Gasteiger partial charge in [-0.15, -0.1) is 0 Å². The molecule has 0 aliphatic carbocycles. The fourth-order valence-corrected chi connectivity index (χ4v) is 2.98. The van der Waals surface area contributed by atoms with Crippen LogP contribution in [-0.2, 0) is 14.3 Å². The molecule has 110 valence electrons. The van der Waals surface area contributed by atoms with E-state index in [-0.39, 0.29) is 17.6 Å². The summed E-state index contributed by atoms with van der Waals surface area (Å²) in [7, 11) is 0. The first-order valence-electron chi connectivity index (χ1n) is 7.35. The number of carbonyl (C=O) groups excluding carboxylic acids is 1. The van der Waals surface area contributed by atoms with Crippen molar-refractivity contribution in [2.75, 3.05) is 19.8 Å². The fourth-order valence-electron chi connectivity index (χ4n) is 2.98. The molecule has 0 spiro atoms. The van der Waals surface area contributed by atoms with Gasteiger partial charge in [-0.25, -0.2) is 0 Å². The summed E-state index contributed by atoms with van der Waals surface area (Å²) in [5.41, 5.74) is 5.17. The molecule has 2 fully saturated rings. The number of carbonyl (C=O) groups is 1. The first-order chi connectivity index (χ1) is 9.03. The van der Waals surface area contributed by atoms with Crippen LogP contribution in [0.3, 0.4) is 0 Å². The SMILES string of the molecule is CCC1(CC)CC(NC(=O)C2(N)CCOC2)CCO1. The second-order valence-corrected chi connectivity index (χ2v) is 5.86. The van der Waals surface area contributed by atoms with Crippen molar-refractivity contribution in [2.24, 2.45) is 5.73 Å². The lowest BCUT2D eigenvalue weighted by molar-refractivity contribution is -0.131. The Bertz CT molecular complexity index is 323. The average Bonchev–Trinajstić information content (AvgIpc) is 2.87. The topological polar surface area (TPSA) is 73.6 Å². The van der Waals surface area contributed by atoms with Crippen molar-refractivity contribution in [1.82, 2.24) is 5.32 Å². The van der Waals surface area contributed by atoms with E-state index >= 15 is 0 Å². The Hall–Kier alpha value is -0.650. The van der Waals surface area contributed by atoms with Gasteiger partial charge in [-0.1, -0.05) is 13.8 Å². The lowest BCUT2D eigenvalue weighted by Gasteiger charge is -2.41. The molecule has 0 saturated carbocycles. The Balaban J connectivity index is 1.93. The Morgan fingerprint density at radius 3 is 2.68 bits per heavy atom. The van der Waals surface area contributed by atoms with Gasteiger partial charge in [0.25, 0.3) is 0 Å². The zero-order valence-corrected chi connectivity index (χ0v) is 12.0. The van der Waals surface area contributed by atoms with Gasteiger partial charge in [0.1, 0.15) is 5.54 Å².